The molecule has 0 saturated carbocycles. The van der Waals surface area contributed by atoms with Gasteiger partial charge in [0, 0.05) is 7.05 Å². The Morgan fingerprint density at radius 1 is 1.07 bits per heavy atom. The minimum Gasteiger partial charge on any atom is -0.290 e. The number of aliphatic imine (C=N–C) groups is 1. The number of nitrogens with zero attached hydrogens (tertiary/aromatic N) is 2. The van der Waals surface area contributed by atoms with Crippen LogP contribution in [0.25, 0.3) is 11.6 Å². The number of rotatable bonds is 3. The van der Waals surface area contributed by atoms with Gasteiger partial charge < -0.3 is 0 Å². The minimum absolute atomic E-state index is 0.0149. The maximum atomic E-state index is 12.6. The van der Waals surface area contributed by atoms with Gasteiger partial charge in [0.15, 0.2) is 5.17 Å². The van der Waals surface area contributed by atoms with Crippen molar-refractivity contribution in [2.24, 2.45) is 4.99 Å². The van der Waals surface area contributed by atoms with E-state index in [4.69, 9.17) is 0 Å². The van der Waals surface area contributed by atoms with E-state index in [0.29, 0.717) is 10.1 Å². The fourth-order valence-corrected chi connectivity index (χ4v) is 4.04. The summed E-state index contributed by atoms with van der Waals surface area (Å²) in [5.74, 6) is -0.0149. The molecule has 2 aromatic carbocycles. The highest BCUT2D eigenvalue weighted by Crippen LogP contribution is 2.33. The fourth-order valence-electron chi connectivity index (χ4n) is 3.05. The molecule has 0 radical (unpaired) electrons. The molecule has 2 aliphatic rings. The fraction of sp³-hybridized carbons (Fsp3) is 0.130. The van der Waals surface area contributed by atoms with Crippen LogP contribution in [0.15, 0.2) is 82.7 Å². The molecule has 0 aromatic heterocycles. The molecule has 1 aliphatic carbocycles. The lowest BCUT2D eigenvalue weighted by molar-refractivity contribution is -0.121. The van der Waals surface area contributed by atoms with E-state index >= 15 is 0 Å². The summed E-state index contributed by atoms with van der Waals surface area (Å²) in [6.45, 7) is 0. The number of carbonyl (C=O) groups excluding carboxylic acids is 1. The van der Waals surface area contributed by atoms with E-state index in [-0.39, 0.29) is 5.91 Å². The molecule has 3 nitrogen and oxygen atoms in total. The van der Waals surface area contributed by atoms with Gasteiger partial charge in [-0.05, 0) is 59.5 Å². The van der Waals surface area contributed by atoms with Crippen molar-refractivity contribution in [2.75, 3.05) is 7.05 Å². The molecule has 0 bridgehead atoms. The van der Waals surface area contributed by atoms with Crippen molar-refractivity contribution in [1.82, 2.24) is 4.90 Å². The zero-order valence-electron chi connectivity index (χ0n) is 15.1. The second-order valence-corrected chi connectivity index (χ2v) is 7.49. The molecular weight excluding hydrogens is 352 g/mol. The quantitative estimate of drug-likeness (QED) is 0.652. The van der Waals surface area contributed by atoms with Crippen molar-refractivity contribution >= 4 is 40.2 Å². The molecule has 4 heteroatoms. The third kappa shape index (κ3) is 3.96. The molecule has 1 heterocycles. The average Bonchev–Trinajstić information content (AvgIpc) is 2.98. The number of carbonyl (C=O) groups is 1. The SMILES string of the molecule is CN1C(=O)C(=Cc2ccc(C3=CC=CCC3)cc2)SC1=Nc1ccccc1. The normalized spacial score (nSPS) is 19.8. The molecule has 0 unspecified atom stereocenters. The third-order valence-electron chi connectivity index (χ3n) is 4.58. The van der Waals surface area contributed by atoms with Gasteiger partial charge in [-0.1, -0.05) is 60.7 Å². The van der Waals surface area contributed by atoms with E-state index in [0.717, 1.165) is 24.1 Å². The van der Waals surface area contributed by atoms with Crippen LogP contribution in [0.1, 0.15) is 24.0 Å². The molecule has 0 N–H and O–H groups in total. The number of allylic oxidation sites excluding steroid dienone is 4. The van der Waals surface area contributed by atoms with E-state index in [1.165, 1.54) is 22.9 Å². The number of amidine groups is 1. The van der Waals surface area contributed by atoms with E-state index in [1.807, 2.05) is 36.4 Å². The van der Waals surface area contributed by atoms with Crippen LogP contribution >= 0.6 is 11.8 Å². The molecule has 134 valence electrons. The van der Waals surface area contributed by atoms with E-state index in [2.05, 4.69) is 47.5 Å². The number of hydrogen-bond donors (Lipinski definition) is 0. The molecule has 4 rings (SSSR count). The largest absolute Gasteiger partial charge is 0.290 e. The van der Waals surface area contributed by atoms with Crippen molar-refractivity contribution in [2.45, 2.75) is 12.8 Å². The van der Waals surface area contributed by atoms with Gasteiger partial charge in [-0.15, -0.1) is 0 Å². The molecule has 2 aromatic rings. The van der Waals surface area contributed by atoms with Crippen molar-refractivity contribution in [3.8, 4) is 0 Å². The molecule has 0 spiro atoms. The summed E-state index contributed by atoms with van der Waals surface area (Å²) in [7, 11) is 1.77. The number of benzene rings is 2. The van der Waals surface area contributed by atoms with Gasteiger partial charge in [0.2, 0.25) is 0 Å². The lowest BCUT2D eigenvalue weighted by Gasteiger charge is -2.09. The summed E-state index contributed by atoms with van der Waals surface area (Å²) in [5, 5.41) is 0.702. The van der Waals surface area contributed by atoms with Gasteiger partial charge in [0.25, 0.3) is 5.91 Å². The van der Waals surface area contributed by atoms with E-state index in [9.17, 15) is 4.79 Å². The van der Waals surface area contributed by atoms with E-state index < -0.39 is 0 Å². The predicted molar refractivity (Wildman–Crippen MR) is 115 cm³/mol. The van der Waals surface area contributed by atoms with Crippen LogP contribution in [0, 0.1) is 0 Å². The Hall–Kier alpha value is -2.85. The lowest BCUT2D eigenvalue weighted by Crippen LogP contribution is -2.23. The topological polar surface area (TPSA) is 32.7 Å². The van der Waals surface area contributed by atoms with Crippen molar-refractivity contribution in [3.63, 3.8) is 0 Å². The average molecular weight is 372 g/mol. The molecule has 1 fully saturated rings. The number of amides is 1. The van der Waals surface area contributed by atoms with Crippen molar-refractivity contribution in [1.29, 1.82) is 0 Å². The van der Waals surface area contributed by atoms with Gasteiger partial charge in [-0.25, -0.2) is 4.99 Å². The summed E-state index contributed by atoms with van der Waals surface area (Å²) in [4.78, 5) is 19.5. The first-order valence-electron chi connectivity index (χ1n) is 8.98. The highest BCUT2D eigenvalue weighted by atomic mass is 32.2. The molecule has 1 aliphatic heterocycles. The first-order valence-corrected chi connectivity index (χ1v) is 9.80. The smallest absolute Gasteiger partial charge is 0.266 e. The maximum Gasteiger partial charge on any atom is 0.266 e. The van der Waals surface area contributed by atoms with Gasteiger partial charge >= 0.3 is 0 Å². The summed E-state index contributed by atoms with van der Waals surface area (Å²) in [6.07, 6.45) is 10.6. The van der Waals surface area contributed by atoms with Crippen molar-refractivity contribution < 1.29 is 4.79 Å². The zero-order valence-corrected chi connectivity index (χ0v) is 15.9. The summed E-state index contributed by atoms with van der Waals surface area (Å²) < 4.78 is 0. The monoisotopic (exact) mass is 372 g/mol. The van der Waals surface area contributed by atoms with Crippen LogP contribution in [-0.2, 0) is 4.79 Å². The summed E-state index contributed by atoms with van der Waals surface area (Å²) in [5.41, 5.74) is 4.48. The first kappa shape index (κ1) is 17.6. The highest BCUT2D eigenvalue weighted by molar-refractivity contribution is 8.18. The zero-order chi connectivity index (χ0) is 18.6. The first-order chi connectivity index (χ1) is 13.2. The molecule has 27 heavy (non-hydrogen) atoms. The van der Waals surface area contributed by atoms with Gasteiger partial charge in [-0.2, -0.15) is 0 Å². The third-order valence-corrected chi connectivity index (χ3v) is 5.64. The van der Waals surface area contributed by atoms with Crippen molar-refractivity contribution in [3.05, 3.63) is 88.9 Å². The molecule has 1 saturated heterocycles. The minimum atomic E-state index is -0.0149. The summed E-state index contributed by atoms with van der Waals surface area (Å²) >= 11 is 1.42. The Labute approximate surface area is 163 Å². The van der Waals surface area contributed by atoms with Crippen LogP contribution in [0.4, 0.5) is 5.69 Å². The Morgan fingerprint density at radius 3 is 2.56 bits per heavy atom. The molecular formula is C23H20N2OS. The number of thioether (sulfide) groups is 1. The Kier molecular flexibility index (Phi) is 5.07. The van der Waals surface area contributed by atoms with Crippen LogP contribution in [0.5, 0.6) is 0 Å². The number of para-hydroxylation sites is 1. The Bertz CT molecular complexity index is 969. The number of hydrogen-bond acceptors (Lipinski definition) is 3. The van der Waals surface area contributed by atoms with Gasteiger partial charge in [0.05, 0.1) is 10.6 Å². The van der Waals surface area contributed by atoms with Crippen LogP contribution in [0.3, 0.4) is 0 Å². The number of likely N-dealkylation sites (N-methyl/N-ethyl adjacent to an activating group) is 1. The second kappa shape index (κ2) is 7.80. The highest BCUT2D eigenvalue weighted by Gasteiger charge is 2.30. The Morgan fingerprint density at radius 2 is 1.85 bits per heavy atom. The predicted octanol–water partition coefficient (Wildman–Crippen LogP) is 5.65. The maximum absolute atomic E-state index is 12.6. The van der Waals surface area contributed by atoms with Gasteiger partial charge in [0.1, 0.15) is 0 Å². The standard InChI is InChI=1S/C23H20N2OS/c1-25-22(26)21(27-23(25)24-20-10-6-3-7-11-20)16-17-12-14-19(15-13-17)18-8-4-2-5-9-18/h2-4,6-8,10-16H,5,9H2,1H3. The van der Waals surface area contributed by atoms with Crippen LogP contribution in [0.2, 0.25) is 0 Å². The van der Waals surface area contributed by atoms with E-state index in [1.54, 1.807) is 11.9 Å². The molecule has 1 amide bonds. The molecule has 0 atom stereocenters. The van der Waals surface area contributed by atoms with Gasteiger partial charge in [-0.3, -0.25) is 9.69 Å². The lowest BCUT2D eigenvalue weighted by atomic mass is 9.96. The second-order valence-electron chi connectivity index (χ2n) is 6.49. The van der Waals surface area contributed by atoms with Crippen LogP contribution < -0.4 is 0 Å². The summed E-state index contributed by atoms with van der Waals surface area (Å²) in [6, 6.07) is 18.1. The Balaban J connectivity index is 1.55. The van der Waals surface area contributed by atoms with Crippen LogP contribution in [-0.4, -0.2) is 23.0 Å².